The Balaban J connectivity index is 2.77. The van der Waals surface area contributed by atoms with E-state index in [1.165, 1.54) is 0 Å². The molecular weight excluding hydrogens is 159 g/mol. The second-order valence-electron chi connectivity index (χ2n) is 2.39. The monoisotopic (exact) mass is 166 g/mol. The molecule has 0 aliphatic heterocycles. The predicted octanol–water partition coefficient (Wildman–Crippen LogP) is 1.54. The van der Waals surface area contributed by atoms with Crippen molar-refractivity contribution < 1.29 is 14.0 Å². The maximum Gasteiger partial charge on any atom is 0.305 e. The summed E-state index contributed by atoms with van der Waals surface area (Å²) >= 11 is 0. The van der Waals surface area contributed by atoms with Gasteiger partial charge < -0.3 is 0 Å². The van der Waals surface area contributed by atoms with Gasteiger partial charge in [0.15, 0.2) is 0 Å². The van der Waals surface area contributed by atoms with E-state index in [9.17, 15) is 14.0 Å². The lowest BCUT2D eigenvalue weighted by Crippen LogP contribution is -1.94. The Bertz CT molecular complexity index is 290. The number of aldehydes is 1. The highest BCUT2D eigenvalue weighted by Crippen LogP contribution is 2.03. The summed E-state index contributed by atoms with van der Waals surface area (Å²) in [7, 11) is 0. The molecule has 3 heteroatoms. The van der Waals surface area contributed by atoms with E-state index in [0.29, 0.717) is 17.4 Å². The van der Waals surface area contributed by atoms with E-state index in [-0.39, 0.29) is 6.42 Å². The third kappa shape index (κ3) is 2.27. The van der Waals surface area contributed by atoms with Gasteiger partial charge in [-0.05, 0) is 5.56 Å². The highest BCUT2D eigenvalue weighted by Gasteiger charge is 2.00. The molecule has 0 amide bonds. The van der Waals surface area contributed by atoms with Crippen LogP contribution in [0.2, 0.25) is 0 Å². The SMILES string of the molecule is O=Cc1ccc(CC(=O)F)cc1. The Labute approximate surface area is 69.0 Å². The molecule has 0 aliphatic rings. The van der Waals surface area contributed by atoms with Crippen LogP contribution in [0.3, 0.4) is 0 Å². The number of carbonyl (C=O) groups is 2. The van der Waals surface area contributed by atoms with Gasteiger partial charge in [-0.25, -0.2) is 0 Å². The van der Waals surface area contributed by atoms with Gasteiger partial charge in [0.25, 0.3) is 0 Å². The third-order valence-corrected chi connectivity index (χ3v) is 1.46. The minimum absolute atomic E-state index is 0.223. The van der Waals surface area contributed by atoms with Gasteiger partial charge >= 0.3 is 6.04 Å². The smallest absolute Gasteiger partial charge is 0.298 e. The van der Waals surface area contributed by atoms with Gasteiger partial charge in [0, 0.05) is 5.56 Å². The van der Waals surface area contributed by atoms with Crippen LogP contribution in [0, 0.1) is 0 Å². The number of halogens is 1. The Morgan fingerprint density at radius 1 is 1.33 bits per heavy atom. The summed E-state index contributed by atoms with van der Waals surface area (Å²) in [5, 5.41) is 0. The molecule has 0 fully saturated rings. The Hall–Kier alpha value is -1.51. The Kier molecular flexibility index (Phi) is 2.69. The van der Waals surface area contributed by atoms with Crippen molar-refractivity contribution in [2.24, 2.45) is 0 Å². The van der Waals surface area contributed by atoms with Gasteiger partial charge in [-0.1, -0.05) is 24.3 Å². The molecule has 62 valence electrons. The molecule has 0 saturated heterocycles. The van der Waals surface area contributed by atoms with E-state index in [0.717, 1.165) is 0 Å². The lowest BCUT2D eigenvalue weighted by molar-refractivity contribution is -0.128. The van der Waals surface area contributed by atoms with E-state index >= 15 is 0 Å². The standard InChI is InChI=1S/C9H7FO2/c10-9(12)5-7-1-3-8(6-11)4-2-7/h1-4,6H,5H2. The third-order valence-electron chi connectivity index (χ3n) is 1.46. The largest absolute Gasteiger partial charge is 0.305 e. The fourth-order valence-electron chi connectivity index (χ4n) is 0.875. The molecule has 1 aromatic carbocycles. The molecule has 1 rings (SSSR count). The summed E-state index contributed by atoms with van der Waals surface area (Å²) in [6, 6.07) is 4.84. The number of benzene rings is 1. The molecule has 0 saturated carbocycles. The molecule has 1 aromatic rings. The van der Waals surface area contributed by atoms with E-state index in [1.54, 1.807) is 24.3 Å². The van der Waals surface area contributed by atoms with Crippen LogP contribution in [0.1, 0.15) is 15.9 Å². The van der Waals surface area contributed by atoms with Crippen molar-refractivity contribution >= 4 is 12.3 Å². The van der Waals surface area contributed by atoms with Crippen LogP contribution in [0.25, 0.3) is 0 Å². The number of hydrogen-bond acceptors (Lipinski definition) is 2. The highest BCUT2D eigenvalue weighted by molar-refractivity contribution is 5.75. The van der Waals surface area contributed by atoms with Crippen molar-refractivity contribution in [2.45, 2.75) is 6.42 Å². The first-order valence-electron chi connectivity index (χ1n) is 3.45. The molecule has 0 aliphatic carbocycles. The van der Waals surface area contributed by atoms with Crippen molar-refractivity contribution in [3.63, 3.8) is 0 Å². The molecule has 2 nitrogen and oxygen atoms in total. The van der Waals surface area contributed by atoms with Crippen LogP contribution in [-0.2, 0) is 11.2 Å². The summed E-state index contributed by atoms with van der Waals surface area (Å²) in [6.45, 7) is 0. The molecule has 0 radical (unpaired) electrons. The molecule has 0 unspecified atom stereocenters. The zero-order chi connectivity index (χ0) is 8.97. The number of hydrogen-bond donors (Lipinski definition) is 0. The van der Waals surface area contributed by atoms with Crippen LogP contribution in [0.15, 0.2) is 24.3 Å². The Morgan fingerprint density at radius 2 is 1.92 bits per heavy atom. The molecule has 0 atom stereocenters. The Morgan fingerprint density at radius 3 is 2.33 bits per heavy atom. The summed E-state index contributed by atoms with van der Waals surface area (Å²) < 4.78 is 11.9. The average molecular weight is 166 g/mol. The topological polar surface area (TPSA) is 34.1 Å². The second-order valence-corrected chi connectivity index (χ2v) is 2.39. The van der Waals surface area contributed by atoms with E-state index in [1.807, 2.05) is 0 Å². The maximum absolute atomic E-state index is 11.9. The van der Waals surface area contributed by atoms with Crippen LogP contribution >= 0.6 is 0 Å². The van der Waals surface area contributed by atoms with Gasteiger partial charge in [0.05, 0.1) is 6.42 Å². The normalized spacial score (nSPS) is 9.42. The zero-order valence-electron chi connectivity index (χ0n) is 6.29. The van der Waals surface area contributed by atoms with Crippen molar-refractivity contribution in [3.05, 3.63) is 35.4 Å². The minimum atomic E-state index is -1.37. The van der Waals surface area contributed by atoms with Crippen LogP contribution in [0.5, 0.6) is 0 Å². The van der Waals surface area contributed by atoms with Gasteiger partial charge in [-0.2, -0.15) is 4.39 Å². The fraction of sp³-hybridized carbons (Fsp3) is 0.111. The van der Waals surface area contributed by atoms with E-state index in [2.05, 4.69) is 0 Å². The first-order valence-corrected chi connectivity index (χ1v) is 3.45. The van der Waals surface area contributed by atoms with E-state index < -0.39 is 6.04 Å². The van der Waals surface area contributed by atoms with Crippen LogP contribution in [0.4, 0.5) is 4.39 Å². The maximum atomic E-state index is 11.9. The molecular formula is C9H7FO2. The highest BCUT2D eigenvalue weighted by atomic mass is 19.1. The van der Waals surface area contributed by atoms with Crippen molar-refractivity contribution in [3.8, 4) is 0 Å². The molecule has 0 bridgehead atoms. The van der Waals surface area contributed by atoms with Gasteiger partial charge in [0.1, 0.15) is 6.29 Å². The number of rotatable bonds is 3. The van der Waals surface area contributed by atoms with Crippen molar-refractivity contribution in [1.82, 2.24) is 0 Å². The van der Waals surface area contributed by atoms with Gasteiger partial charge in [0.2, 0.25) is 0 Å². The lowest BCUT2D eigenvalue weighted by atomic mass is 10.1. The number of carbonyl (C=O) groups excluding carboxylic acids is 2. The quantitative estimate of drug-likeness (QED) is 0.504. The van der Waals surface area contributed by atoms with Gasteiger partial charge in [-0.15, -0.1) is 0 Å². The first kappa shape index (κ1) is 8.59. The van der Waals surface area contributed by atoms with E-state index in [4.69, 9.17) is 0 Å². The summed E-state index contributed by atoms with van der Waals surface area (Å²) in [5.41, 5.74) is 1.10. The van der Waals surface area contributed by atoms with Gasteiger partial charge in [-0.3, -0.25) is 9.59 Å². The zero-order valence-corrected chi connectivity index (χ0v) is 6.29. The molecule has 0 spiro atoms. The molecule has 0 heterocycles. The molecule has 0 N–H and O–H groups in total. The second kappa shape index (κ2) is 3.76. The van der Waals surface area contributed by atoms with Crippen LogP contribution in [-0.4, -0.2) is 12.3 Å². The predicted molar refractivity (Wildman–Crippen MR) is 41.6 cm³/mol. The van der Waals surface area contributed by atoms with Crippen molar-refractivity contribution in [2.75, 3.05) is 0 Å². The summed E-state index contributed by atoms with van der Waals surface area (Å²) in [4.78, 5) is 20.2. The average Bonchev–Trinajstić information content (AvgIpc) is 2.05. The van der Waals surface area contributed by atoms with Crippen molar-refractivity contribution in [1.29, 1.82) is 0 Å². The van der Waals surface area contributed by atoms with Crippen LogP contribution < -0.4 is 0 Å². The summed E-state index contributed by atoms with van der Waals surface area (Å²) in [6.07, 6.45) is 0.472. The minimum Gasteiger partial charge on any atom is -0.298 e. The molecule has 0 aromatic heterocycles. The fourth-order valence-corrected chi connectivity index (χ4v) is 0.875. The first-order chi connectivity index (χ1) is 5.72. The summed E-state index contributed by atoms with van der Waals surface area (Å²) in [5.74, 6) is 0. The lowest BCUT2D eigenvalue weighted by Gasteiger charge is -1.94. The molecule has 12 heavy (non-hydrogen) atoms.